The number of nitrogens with two attached hydrogens (primary N) is 2. The van der Waals surface area contributed by atoms with Crippen LogP contribution in [0.5, 0.6) is 5.75 Å². The summed E-state index contributed by atoms with van der Waals surface area (Å²) in [5.41, 5.74) is 5.77. The fourth-order valence-corrected chi connectivity index (χ4v) is 5.19. The van der Waals surface area contributed by atoms with Crippen molar-refractivity contribution in [2.45, 2.75) is 0 Å². The van der Waals surface area contributed by atoms with Crippen molar-refractivity contribution >= 4 is 149 Å². The topological polar surface area (TPSA) is 379 Å². The van der Waals surface area contributed by atoms with Crippen molar-refractivity contribution in [2.75, 3.05) is 68.1 Å². The summed E-state index contributed by atoms with van der Waals surface area (Å²) >= 11 is 34.6. The number of anilines is 3. The van der Waals surface area contributed by atoms with Gasteiger partial charge < -0.3 is 38.9 Å². The molecule has 0 atom stereocenters. The van der Waals surface area contributed by atoms with Crippen LogP contribution in [0.15, 0.2) is 78.9 Å². The van der Waals surface area contributed by atoms with Crippen LogP contribution in [-0.2, 0) is 48.5 Å². The highest BCUT2D eigenvalue weighted by molar-refractivity contribution is 7.89. The number of nitrogens with zero attached hydrogens (tertiary/aromatic N) is 1. The number of halogens is 6. The van der Waals surface area contributed by atoms with Gasteiger partial charge in [0.2, 0.25) is 20.0 Å². The van der Waals surface area contributed by atoms with Crippen molar-refractivity contribution < 1.29 is 83.7 Å². The maximum atomic E-state index is 11.6. The van der Waals surface area contributed by atoms with Crippen LogP contribution >= 0.6 is 69.6 Å². The molecule has 4 rings (SSSR count). The van der Waals surface area contributed by atoms with Crippen LogP contribution < -0.4 is 36.3 Å². The van der Waals surface area contributed by atoms with Crippen LogP contribution in [0.2, 0.25) is 30.1 Å². The molecule has 8 N–H and O–H groups in total. The van der Waals surface area contributed by atoms with Gasteiger partial charge in [0.15, 0.2) is 0 Å². The van der Waals surface area contributed by atoms with Gasteiger partial charge in [-0.05, 0) is 66.7 Å². The molecule has 4 aromatic carbocycles. The highest BCUT2D eigenvalue weighted by Crippen LogP contribution is 2.27. The number of rotatable bonds is 15. The first-order chi connectivity index (χ1) is 33.5. The van der Waals surface area contributed by atoms with E-state index in [1.54, 1.807) is 10.8 Å². The predicted molar refractivity (Wildman–Crippen MR) is 263 cm³/mol. The van der Waals surface area contributed by atoms with E-state index in [0.29, 0.717) is 37.2 Å². The molecule has 0 aliphatic rings. The number of primary amides is 1. The van der Waals surface area contributed by atoms with Crippen molar-refractivity contribution in [1.82, 2.24) is 4.72 Å². The number of carbonyl (C=O) groups excluding carboxylic acids is 6. The minimum Gasteiger partial charge on any atom is -0.446 e. The average Bonchev–Trinajstić information content (AvgIpc) is 3.26. The van der Waals surface area contributed by atoms with E-state index in [1.165, 1.54) is 72.8 Å². The number of primary sulfonamides is 1. The molecule has 0 bridgehead atoms. The summed E-state index contributed by atoms with van der Waals surface area (Å²) in [6, 6.07) is 18.4. The highest BCUT2D eigenvalue weighted by Gasteiger charge is 2.13. The Hall–Kier alpha value is -6.50. The lowest BCUT2D eigenvalue weighted by molar-refractivity contribution is -0.384. The van der Waals surface area contributed by atoms with Crippen molar-refractivity contribution in [1.29, 1.82) is 0 Å². The van der Waals surface area contributed by atoms with Crippen molar-refractivity contribution in [3.8, 4) is 5.75 Å². The Morgan fingerprint density at radius 3 is 1.15 bits per heavy atom. The van der Waals surface area contributed by atoms with Crippen LogP contribution in [0.25, 0.3) is 0 Å². The SMILES string of the molecule is CS(=O)(=O)NC(=O)OCCOC(=O)Nc1ccc(Cl)c(Cl)c1.CS(N)(=O)=O.NC(=O)OCCOC(=O)Nc1ccc(Cl)c(Cl)c1.O=C(Nc1ccc(Cl)c(Cl)c1)OCCOC(=O)Oc1ccc([N+](=O)[O-])cc1. The summed E-state index contributed by atoms with van der Waals surface area (Å²) in [5.74, 6) is 0.0730. The smallest absolute Gasteiger partial charge is 0.446 e. The van der Waals surface area contributed by atoms with Gasteiger partial charge in [0, 0.05) is 29.2 Å². The molecular formula is C38H39Cl6N7O19S2. The summed E-state index contributed by atoms with van der Waals surface area (Å²) < 4.78 is 74.5. The van der Waals surface area contributed by atoms with Gasteiger partial charge in [-0.2, -0.15) is 0 Å². The minimum atomic E-state index is -3.69. The van der Waals surface area contributed by atoms with E-state index in [0.717, 1.165) is 12.5 Å². The van der Waals surface area contributed by atoms with Crippen molar-refractivity contribution in [2.24, 2.45) is 10.9 Å². The van der Waals surface area contributed by atoms with Crippen LogP contribution in [-0.4, -0.2) is 111 Å². The predicted octanol–water partition coefficient (Wildman–Crippen LogP) is 8.44. The number of non-ortho nitro benzene ring substituents is 1. The van der Waals surface area contributed by atoms with Gasteiger partial charge in [-0.1, -0.05) is 69.6 Å². The zero-order valence-electron chi connectivity index (χ0n) is 36.7. The van der Waals surface area contributed by atoms with Gasteiger partial charge in [0.1, 0.15) is 45.4 Å². The lowest BCUT2D eigenvalue weighted by Crippen LogP contribution is -2.31. The molecule has 72 heavy (non-hydrogen) atoms. The number of amides is 5. The van der Waals surface area contributed by atoms with Crippen molar-refractivity contribution in [3.05, 3.63) is 119 Å². The van der Waals surface area contributed by atoms with E-state index in [2.05, 4.69) is 30.6 Å². The number of nitro groups is 1. The second-order valence-corrected chi connectivity index (χ2v) is 18.5. The second kappa shape index (κ2) is 32.5. The maximum Gasteiger partial charge on any atom is 0.513 e. The number of hydrogen-bond donors (Lipinski definition) is 6. The third-order valence-corrected chi connectivity index (χ3v) is 9.42. The second-order valence-electron chi connectivity index (χ2n) is 12.6. The van der Waals surface area contributed by atoms with Crippen LogP contribution in [0.3, 0.4) is 0 Å². The van der Waals surface area contributed by atoms with Gasteiger partial charge in [0.25, 0.3) is 5.69 Å². The molecule has 0 aliphatic carbocycles. The summed E-state index contributed by atoms with van der Waals surface area (Å²) in [4.78, 5) is 76.9. The third kappa shape index (κ3) is 31.7. The molecule has 5 amide bonds. The molecule has 0 saturated heterocycles. The molecule has 34 heteroatoms. The zero-order chi connectivity index (χ0) is 54.6. The lowest BCUT2D eigenvalue weighted by atomic mass is 10.3. The Bertz CT molecular complexity index is 2740. The van der Waals surface area contributed by atoms with Gasteiger partial charge in [-0.15, -0.1) is 0 Å². The molecule has 0 aromatic heterocycles. The van der Waals surface area contributed by atoms with E-state index in [9.17, 15) is 55.7 Å². The van der Waals surface area contributed by atoms with Crippen LogP contribution in [0.1, 0.15) is 0 Å². The molecule has 0 heterocycles. The first-order valence-corrected chi connectivity index (χ1v) is 24.9. The normalized spacial score (nSPS) is 10.2. The number of ether oxygens (including phenoxy) is 7. The van der Waals surface area contributed by atoms with E-state index in [4.69, 9.17) is 99.0 Å². The van der Waals surface area contributed by atoms with Crippen molar-refractivity contribution in [3.63, 3.8) is 0 Å². The molecule has 394 valence electrons. The molecule has 0 fully saturated rings. The van der Waals surface area contributed by atoms with Gasteiger partial charge in [-0.25, -0.2) is 55.5 Å². The highest BCUT2D eigenvalue weighted by atomic mass is 35.5. The Morgan fingerprint density at radius 1 is 0.528 bits per heavy atom. The largest absolute Gasteiger partial charge is 0.513 e. The lowest BCUT2D eigenvalue weighted by Gasteiger charge is -2.08. The number of nitrogens with one attached hydrogen (secondary N) is 4. The van der Waals surface area contributed by atoms with Gasteiger partial charge >= 0.3 is 36.6 Å². The molecule has 0 spiro atoms. The summed E-state index contributed by atoms with van der Waals surface area (Å²) in [6.07, 6.45) is -3.67. The van der Waals surface area contributed by atoms with E-state index < -0.39 is 61.6 Å². The fourth-order valence-electron chi connectivity index (χ4n) is 3.93. The average molecular weight is 1170 g/mol. The quantitative estimate of drug-likeness (QED) is 0.0162. The number of hydrogen-bond acceptors (Lipinski definition) is 19. The maximum absolute atomic E-state index is 11.6. The molecular weight excluding hydrogens is 1140 g/mol. The standard InChI is InChI=1S/C16H12Cl2N2O7.C11H12Cl2N2O6S.C10H10Cl2N2O4.CH5NO2S/c17-13-6-1-10(9-14(13)18)19-15(21)25-7-8-26-16(22)27-12-4-2-11(3-5-12)20(23)24;1-22(18,19)15-11(17)21-5-4-20-10(16)14-7-2-3-8(12)9(13)6-7;11-7-2-1-6(5-8(7)12)14-10(16)18-4-3-17-9(13)15;1-5(2,3)4/h1-6,9H,7-8H2,(H,19,21);2-3,6H,4-5H2,1H3,(H,14,16)(H,15,17);1-2,5H,3-4H2,(H2,13,15)(H,14,16);1H3,(H2,2,3,4). The minimum absolute atomic E-state index is 0.0730. The molecule has 0 unspecified atom stereocenters. The molecule has 4 aromatic rings. The number of sulfonamides is 2. The summed E-state index contributed by atoms with van der Waals surface area (Å²) in [7, 11) is -6.86. The zero-order valence-corrected chi connectivity index (χ0v) is 42.9. The molecule has 26 nitrogen and oxygen atoms in total. The number of nitro benzene ring substituents is 1. The number of benzene rings is 4. The Kier molecular flexibility index (Phi) is 28.6. The Balaban J connectivity index is 0.000000524. The van der Waals surface area contributed by atoms with E-state index in [1.807, 2.05) is 0 Å². The van der Waals surface area contributed by atoms with Crippen LogP contribution in [0, 0.1) is 10.1 Å². The van der Waals surface area contributed by atoms with Gasteiger partial charge in [0.05, 0.1) is 47.6 Å². The van der Waals surface area contributed by atoms with E-state index in [-0.39, 0.29) is 61.1 Å². The first kappa shape index (κ1) is 63.5. The van der Waals surface area contributed by atoms with E-state index >= 15 is 0 Å². The van der Waals surface area contributed by atoms with Gasteiger partial charge in [-0.3, -0.25) is 26.1 Å². The number of carbonyl (C=O) groups is 6. The Morgan fingerprint density at radius 2 is 0.847 bits per heavy atom. The first-order valence-electron chi connectivity index (χ1n) is 18.8. The monoisotopic (exact) mass is 1170 g/mol. The Labute approximate surface area is 438 Å². The third-order valence-electron chi connectivity index (χ3n) is 6.66. The fraction of sp³-hybridized carbons (Fsp3) is 0.211. The molecule has 0 radical (unpaired) electrons. The summed E-state index contributed by atoms with van der Waals surface area (Å²) in [6.45, 7) is -1.25. The molecule has 0 saturated carbocycles. The van der Waals surface area contributed by atoms with Crippen LogP contribution in [0.4, 0.5) is 51.5 Å². The summed E-state index contributed by atoms with van der Waals surface area (Å²) in [5, 5.41) is 24.0. The molecule has 0 aliphatic heterocycles.